The van der Waals surface area contributed by atoms with Crippen LogP contribution < -0.4 is 0 Å². The summed E-state index contributed by atoms with van der Waals surface area (Å²) in [7, 11) is 2.20. The van der Waals surface area contributed by atoms with Crippen molar-refractivity contribution in [1.29, 1.82) is 0 Å². The predicted molar refractivity (Wildman–Crippen MR) is 102 cm³/mol. The highest BCUT2D eigenvalue weighted by Crippen LogP contribution is 2.50. The number of nitrogens with zero attached hydrogens (tertiary/aromatic N) is 2. The molecule has 24 heavy (non-hydrogen) atoms. The van der Waals surface area contributed by atoms with Crippen LogP contribution in [0.5, 0.6) is 0 Å². The molecule has 132 valence electrons. The minimum Gasteiger partial charge on any atom is -0.351 e. The Morgan fingerprint density at radius 2 is 2.00 bits per heavy atom. The highest BCUT2D eigenvalue weighted by Gasteiger charge is 2.38. The van der Waals surface area contributed by atoms with Gasteiger partial charge in [-0.2, -0.15) is 0 Å². The zero-order valence-electron chi connectivity index (χ0n) is 15.7. The van der Waals surface area contributed by atoms with Crippen molar-refractivity contribution in [2.75, 3.05) is 26.7 Å². The van der Waals surface area contributed by atoms with Crippen LogP contribution in [-0.4, -0.2) is 36.5 Å². The molecule has 4 rings (SSSR count). The van der Waals surface area contributed by atoms with Crippen molar-refractivity contribution in [3.63, 3.8) is 0 Å². The lowest BCUT2D eigenvalue weighted by molar-refractivity contribution is 0.111. The maximum atomic E-state index is 4.33. The number of unbranched alkanes of at least 4 members (excludes halogenated alkanes) is 1. The molecule has 0 spiro atoms. The lowest BCUT2D eigenvalue weighted by Gasteiger charge is -2.37. The summed E-state index contributed by atoms with van der Waals surface area (Å²) in [6.45, 7) is 10.7. The summed E-state index contributed by atoms with van der Waals surface area (Å²) in [4.78, 5) is 4.94. The molecule has 0 radical (unpaired) electrons. The van der Waals surface area contributed by atoms with E-state index in [0.29, 0.717) is 0 Å². The summed E-state index contributed by atoms with van der Waals surface area (Å²) in [5, 5.41) is 0. The van der Waals surface area contributed by atoms with Crippen molar-refractivity contribution < 1.29 is 0 Å². The second kappa shape index (κ2) is 6.71. The molecule has 0 bridgehead atoms. The van der Waals surface area contributed by atoms with Gasteiger partial charge in [-0.3, -0.25) is 0 Å². The second-order valence-corrected chi connectivity index (χ2v) is 8.81. The maximum absolute atomic E-state index is 4.33. The van der Waals surface area contributed by atoms with Gasteiger partial charge in [0.1, 0.15) is 0 Å². The van der Waals surface area contributed by atoms with Crippen LogP contribution in [0.3, 0.4) is 0 Å². The molecule has 2 heterocycles. The molecule has 2 heteroatoms. The van der Waals surface area contributed by atoms with Crippen LogP contribution in [0.15, 0.2) is 35.2 Å². The van der Waals surface area contributed by atoms with Gasteiger partial charge in [0.15, 0.2) is 0 Å². The first-order chi connectivity index (χ1) is 11.6. The molecule has 2 aliphatic heterocycles. The van der Waals surface area contributed by atoms with Crippen LogP contribution in [0.4, 0.5) is 0 Å². The van der Waals surface area contributed by atoms with E-state index in [-0.39, 0.29) is 0 Å². The van der Waals surface area contributed by atoms with Gasteiger partial charge in [-0.25, -0.2) is 0 Å². The SMILES string of the molecule is C=C1CC/C1=C(/CCCCN1CC(C)C1)C(CC1=CN1C)C1CC1. The van der Waals surface area contributed by atoms with Crippen molar-refractivity contribution >= 4 is 0 Å². The van der Waals surface area contributed by atoms with Gasteiger partial charge in [0.25, 0.3) is 0 Å². The zero-order valence-corrected chi connectivity index (χ0v) is 15.7. The van der Waals surface area contributed by atoms with Crippen molar-refractivity contribution in [1.82, 2.24) is 9.80 Å². The number of hydrogen-bond acceptors (Lipinski definition) is 2. The molecule has 2 aliphatic carbocycles. The summed E-state index contributed by atoms with van der Waals surface area (Å²) < 4.78 is 0. The minimum absolute atomic E-state index is 0.817. The largest absolute Gasteiger partial charge is 0.351 e. The van der Waals surface area contributed by atoms with Crippen LogP contribution in [-0.2, 0) is 0 Å². The maximum Gasteiger partial charge on any atom is 0.0341 e. The topological polar surface area (TPSA) is 6.25 Å². The van der Waals surface area contributed by atoms with Crippen LogP contribution >= 0.6 is 0 Å². The molecule has 2 nitrogen and oxygen atoms in total. The second-order valence-electron chi connectivity index (χ2n) is 8.81. The molecule has 2 saturated carbocycles. The summed E-state index contributed by atoms with van der Waals surface area (Å²) in [6, 6.07) is 0. The van der Waals surface area contributed by atoms with Crippen molar-refractivity contribution in [2.45, 2.75) is 58.3 Å². The Bertz CT molecular complexity index is 561. The average molecular weight is 327 g/mol. The van der Waals surface area contributed by atoms with Gasteiger partial charge in [0, 0.05) is 32.0 Å². The summed E-state index contributed by atoms with van der Waals surface area (Å²) in [5.74, 6) is 2.72. The number of allylic oxidation sites excluding steroid dienone is 4. The van der Waals surface area contributed by atoms with E-state index in [4.69, 9.17) is 0 Å². The predicted octanol–water partition coefficient (Wildman–Crippen LogP) is 4.96. The monoisotopic (exact) mass is 326 g/mol. The Kier molecular flexibility index (Phi) is 4.60. The normalized spacial score (nSPS) is 27.5. The van der Waals surface area contributed by atoms with Crippen molar-refractivity contribution in [2.24, 2.45) is 17.8 Å². The van der Waals surface area contributed by atoms with Gasteiger partial charge in [0.2, 0.25) is 0 Å². The smallest absolute Gasteiger partial charge is 0.0341 e. The van der Waals surface area contributed by atoms with Crippen molar-refractivity contribution in [3.8, 4) is 0 Å². The fourth-order valence-electron chi connectivity index (χ4n) is 4.73. The highest BCUT2D eigenvalue weighted by atomic mass is 15.2. The lowest BCUT2D eigenvalue weighted by atomic mass is 9.75. The van der Waals surface area contributed by atoms with E-state index in [0.717, 1.165) is 17.8 Å². The minimum atomic E-state index is 0.817. The van der Waals surface area contributed by atoms with Gasteiger partial charge < -0.3 is 9.80 Å². The van der Waals surface area contributed by atoms with Crippen molar-refractivity contribution in [3.05, 3.63) is 35.2 Å². The van der Waals surface area contributed by atoms with Gasteiger partial charge in [-0.05, 0) is 81.2 Å². The van der Waals surface area contributed by atoms with Gasteiger partial charge in [-0.15, -0.1) is 0 Å². The van der Waals surface area contributed by atoms with Gasteiger partial charge in [0.05, 0.1) is 0 Å². The third-order valence-corrected chi connectivity index (χ3v) is 6.60. The van der Waals surface area contributed by atoms with Crippen LogP contribution in [0, 0.1) is 17.8 Å². The lowest BCUT2D eigenvalue weighted by Crippen LogP contribution is -2.45. The first kappa shape index (κ1) is 16.4. The standard InChI is InChI=1S/C22H34N2/c1-16-13-24(14-16)11-5-4-6-21(20-10-7-17(20)2)22(18-8-9-18)12-19-15-23(19)3/h15-16,18,22H,2,4-14H2,1,3H3/b21-20+. The molecule has 1 unspecified atom stereocenters. The number of likely N-dealkylation sites (tertiary alicyclic amines) is 1. The quantitative estimate of drug-likeness (QED) is 0.553. The average Bonchev–Trinajstić information content (AvgIpc) is 3.42. The van der Waals surface area contributed by atoms with E-state index in [1.54, 1.807) is 11.3 Å². The molecule has 0 aromatic carbocycles. The molecular weight excluding hydrogens is 292 g/mol. The molecule has 0 amide bonds. The Hall–Kier alpha value is -1.02. The first-order valence-corrected chi connectivity index (χ1v) is 10.2. The van der Waals surface area contributed by atoms with E-state index < -0.39 is 0 Å². The Morgan fingerprint density at radius 3 is 2.50 bits per heavy atom. The molecule has 0 N–H and O–H groups in total. The van der Waals surface area contributed by atoms with E-state index in [1.165, 1.54) is 76.6 Å². The molecule has 0 aromatic rings. The third-order valence-electron chi connectivity index (χ3n) is 6.60. The molecule has 4 aliphatic rings. The van der Waals surface area contributed by atoms with Crippen LogP contribution in [0.1, 0.15) is 58.3 Å². The number of rotatable bonds is 9. The summed E-state index contributed by atoms with van der Waals surface area (Å²) >= 11 is 0. The van der Waals surface area contributed by atoms with E-state index in [1.807, 2.05) is 5.57 Å². The fourth-order valence-corrected chi connectivity index (χ4v) is 4.73. The fraction of sp³-hybridized carbons (Fsp3) is 0.727. The molecular formula is C22H34N2. The van der Waals surface area contributed by atoms with Gasteiger partial charge in [-0.1, -0.05) is 24.6 Å². The summed E-state index contributed by atoms with van der Waals surface area (Å²) in [5.41, 5.74) is 6.51. The van der Waals surface area contributed by atoms with E-state index in [9.17, 15) is 0 Å². The third kappa shape index (κ3) is 3.64. The molecule has 0 aromatic heterocycles. The summed E-state index contributed by atoms with van der Waals surface area (Å²) in [6.07, 6.45) is 13.1. The molecule has 1 atom stereocenters. The Balaban J connectivity index is 1.35. The Morgan fingerprint density at radius 1 is 1.25 bits per heavy atom. The highest BCUT2D eigenvalue weighted by molar-refractivity contribution is 5.43. The molecule has 3 fully saturated rings. The number of hydrogen-bond donors (Lipinski definition) is 0. The Labute approximate surface area is 148 Å². The van der Waals surface area contributed by atoms with E-state index >= 15 is 0 Å². The van der Waals surface area contributed by atoms with Crippen LogP contribution in [0.25, 0.3) is 0 Å². The first-order valence-electron chi connectivity index (χ1n) is 10.2. The molecule has 1 saturated heterocycles. The van der Waals surface area contributed by atoms with E-state index in [2.05, 4.69) is 36.6 Å². The zero-order chi connectivity index (χ0) is 16.7. The van der Waals surface area contributed by atoms with Gasteiger partial charge >= 0.3 is 0 Å². The van der Waals surface area contributed by atoms with Crippen LogP contribution in [0.2, 0.25) is 0 Å².